The van der Waals surface area contributed by atoms with E-state index in [1.165, 1.54) is 0 Å². The normalized spacial score (nSPS) is 14.4. The monoisotopic (exact) mass is 214 g/mol. The van der Waals surface area contributed by atoms with Gasteiger partial charge in [0, 0.05) is 0 Å². The summed E-state index contributed by atoms with van der Waals surface area (Å²) in [5, 5.41) is 0. The minimum Gasteiger partial charge on any atom is -0.393 e. The van der Waals surface area contributed by atoms with Gasteiger partial charge in [0.1, 0.15) is 0 Å². The van der Waals surface area contributed by atoms with E-state index in [4.69, 9.17) is 4.74 Å². The fraction of sp³-hybridized carbons (Fsp3) is 0.833. The number of ether oxygens (including phenoxy) is 1. The van der Waals surface area contributed by atoms with Gasteiger partial charge in [-0.2, -0.15) is 0 Å². The zero-order valence-electron chi connectivity index (χ0n) is 10.2. The fourth-order valence-electron chi connectivity index (χ4n) is 1.40. The Morgan fingerprint density at radius 1 is 0.933 bits per heavy atom. The van der Waals surface area contributed by atoms with Crippen molar-refractivity contribution >= 4 is 11.9 Å². The van der Waals surface area contributed by atoms with E-state index in [1.807, 2.05) is 13.8 Å². The maximum Gasteiger partial charge on any atom is 0.316 e. The Morgan fingerprint density at radius 2 is 1.27 bits per heavy atom. The first-order chi connectivity index (χ1) is 7.02. The molecular formula is C12H22O3. The van der Waals surface area contributed by atoms with Gasteiger partial charge in [0.2, 0.25) is 0 Å². The van der Waals surface area contributed by atoms with Crippen molar-refractivity contribution in [1.29, 1.82) is 0 Å². The smallest absolute Gasteiger partial charge is 0.316 e. The summed E-state index contributed by atoms with van der Waals surface area (Å²) in [7, 11) is 0. The quantitative estimate of drug-likeness (QED) is 0.504. The van der Waals surface area contributed by atoms with E-state index in [-0.39, 0.29) is 23.8 Å². The molecule has 0 aromatic rings. The van der Waals surface area contributed by atoms with Gasteiger partial charge >= 0.3 is 11.9 Å². The SMILES string of the molecule is CCC[C@@H](C)C(=O)OC(=O)[C@@H](C)CCC. The molecule has 0 fully saturated rings. The van der Waals surface area contributed by atoms with Crippen LogP contribution in [0.25, 0.3) is 0 Å². The third-order valence-electron chi connectivity index (χ3n) is 2.45. The largest absolute Gasteiger partial charge is 0.393 e. The lowest BCUT2D eigenvalue weighted by molar-refractivity contribution is -0.165. The van der Waals surface area contributed by atoms with Gasteiger partial charge in [0.05, 0.1) is 11.8 Å². The summed E-state index contributed by atoms with van der Waals surface area (Å²) in [5.41, 5.74) is 0. The number of rotatable bonds is 6. The minimum atomic E-state index is -0.384. The molecule has 0 unspecified atom stereocenters. The molecule has 0 heterocycles. The van der Waals surface area contributed by atoms with Gasteiger partial charge in [-0.15, -0.1) is 0 Å². The second-order valence-corrected chi connectivity index (χ2v) is 4.12. The molecule has 2 atom stereocenters. The molecule has 3 nitrogen and oxygen atoms in total. The molecule has 3 heteroatoms. The van der Waals surface area contributed by atoms with Crippen LogP contribution in [0.5, 0.6) is 0 Å². The summed E-state index contributed by atoms with van der Waals surface area (Å²) in [6, 6.07) is 0. The molecule has 0 N–H and O–H groups in total. The zero-order valence-corrected chi connectivity index (χ0v) is 10.2. The fourth-order valence-corrected chi connectivity index (χ4v) is 1.40. The molecule has 0 saturated heterocycles. The van der Waals surface area contributed by atoms with Crippen molar-refractivity contribution < 1.29 is 14.3 Å². The highest BCUT2D eigenvalue weighted by atomic mass is 16.6. The highest BCUT2D eigenvalue weighted by Crippen LogP contribution is 2.11. The first kappa shape index (κ1) is 14.1. The van der Waals surface area contributed by atoms with Crippen LogP contribution in [0.15, 0.2) is 0 Å². The van der Waals surface area contributed by atoms with Gasteiger partial charge in [0.15, 0.2) is 0 Å². The van der Waals surface area contributed by atoms with Crippen molar-refractivity contribution in [2.45, 2.75) is 53.4 Å². The van der Waals surface area contributed by atoms with Crippen LogP contribution in [0.3, 0.4) is 0 Å². The Bertz CT molecular complexity index is 189. The molecule has 0 aromatic heterocycles. The van der Waals surface area contributed by atoms with Crippen LogP contribution in [-0.4, -0.2) is 11.9 Å². The lowest BCUT2D eigenvalue weighted by atomic mass is 10.1. The average molecular weight is 214 g/mol. The van der Waals surface area contributed by atoms with Crippen molar-refractivity contribution in [1.82, 2.24) is 0 Å². The number of hydrogen-bond donors (Lipinski definition) is 0. The van der Waals surface area contributed by atoms with Crippen molar-refractivity contribution in [3.05, 3.63) is 0 Å². The summed E-state index contributed by atoms with van der Waals surface area (Å²) in [6.07, 6.45) is 3.40. The summed E-state index contributed by atoms with van der Waals surface area (Å²) in [6.45, 7) is 7.60. The average Bonchev–Trinajstić information content (AvgIpc) is 2.18. The van der Waals surface area contributed by atoms with Crippen LogP contribution in [-0.2, 0) is 14.3 Å². The molecule has 0 amide bonds. The standard InChI is InChI=1S/C12H22O3/c1-5-7-9(3)11(13)15-12(14)10(4)8-6-2/h9-10H,5-8H2,1-4H3/t9-,10+. The molecule has 15 heavy (non-hydrogen) atoms. The van der Waals surface area contributed by atoms with Gasteiger partial charge in [0.25, 0.3) is 0 Å². The van der Waals surface area contributed by atoms with E-state index in [9.17, 15) is 9.59 Å². The summed E-state index contributed by atoms with van der Waals surface area (Å²) >= 11 is 0. The number of carbonyl (C=O) groups is 2. The van der Waals surface area contributed by atoms with Crippen molar-refractivity contribution in [2.75, 3.05) is 0 Å². The van der Waals surface area contributed by atoms with E-state index >= 15 is 0 Å². The van der Waals surface area contributed by atoms with Crippen LogP contribution < -0.4 is 0 Å². The second kappa shape index (κ2) is 7.43. The summed E-state index contributed by atoms with van der Waals surface area (Å²) in [5.74, 6) is -1.12. The van der Waals surface area contributed by atoms with Crippen LogP contribution in [0.2, 0.25) is 0 Å². The molecule has 0 aromatic carbocycles. The molecule has 0 aliphatic heterocycles. The Morgan fingerprint density at radius 3 is 1.53 bits per heavy atom. The Labute approximate surface area is 92.2 Å². The van der Waals surface area contributed by atoms with E-state index in [0.29, 0.717) is 0 Å². The van der Waals surface area contributed by atoms with Crippen molar-refractivity contribution in [2.24, 2.45) is 11.8 Å². The molecule has 0 spiro atoms. The molecule has 0 aliphatic rings. The molecule has 0 radical (unpaired) electrons. The Hall–Kier alpha value is -0.860. The van der Waals surface area contributed by atoms with E-state index in [1.54, 1.807) is 13.8 Å². The summed E-state index contributed by atoms with van der Waals surface area (Å²) < 4.78 is 4.80. The topological polar surface area (TPSA) is 43.4 Å². The third kappa shape index (κ3) is 5.55. The Balaban J connectivity index is 4.00. The first-order valence-corrected chi connectivity index (χ1v) is 5.78. The number of hydrogen-bond acceptors (Lipinski definition) is 3. The highest BCUT2D eigenvalue weighted by Gasteiger charge is 2.21. The van der Waals surface area contributed by atoms with E-state index in [2.05, 4.69) is 0 Å². The maximum atomic E-state index is 11.4. The highest BCUT2D eigenvalue weighted by molar-refractivity contribution is 5.87. The molecule has 0 aliphatic carbocycles. The van der Waals surface area contributed by atoms with Gasteiger partial charge in [-0.05, 0) is 12.8 Å². The number of carbonyl (C=O) groups excluding carboxylic acids is 2. The molecular weight excluding hydrogens is 192 g/mol. The predicted octanol–water partition coefficient (Wildman–Crippen LogP) is 2.93. The third-order valence-corrected chi connectivity index (χ3v) is 2.45. The Kier molecular flexibility index (Phi) is 7.01. The summed E-state index contributed by atoms with van der Waals surface area (Å²) in [4.78, 5) is 22.8. The van der Waals surface area contributed by atoms with Crippen molar-refractivity contribution in [3.8, 4) is 0 Å². The predicted molar refractivity (Wildman–Crippen MR) is 59.2 cm³/mol. The second-order valence-electron chi connectivity index (χ2n) is 4.12. The first-order valence-electron chi connectivity index (χ1n) is 5.78. The van der Waals surface area contributed by atoms with Crippen LogP contribution >= 0.6 is 0 Å². The van der Waals surface area contributed by atoms with Gasteiger partial charge in [-0.25, -0.2) is 0 Å². The minimum absolute atomic E-state index is 0.173. The lowest BCUT2D eigenvalue weighted by Crippen LogP contribution is -2.23. The molecule has 0 rings (SSSR count). The molecule has 0 bridgehead atoms. The lowest BCUT2D eigenvalue weighted by Gasteiger charge is -2.12. The molecule has 88 valence electrons. The van der Waals surface area contributed by atoms with E-state index < -0.39 is 0 Å². The van der Waals surface area contributed by atoms with Crippen LogP contribution in [0.4, 0.5) is 0 Å². The zero-order chi connectivity index (χ0) is 11.8. The molecule has 0 saturated carbocycles. The van der Waals surface area contributed by atoms with Gasteiger partial charge in [-0.3, -0.25) is 9.59 Å². The van der Waals surface area contributed by atoms with Crippen LogP contribution in [0, 0.1) is 11.8 Å². The van der Waals surface area contributed by atoms with Crippen molar-refractivity contribution in [3.63, 3.8) is 0 Å². The maximum absolute atomic E-state index is 11.4. The number of esters is 2. The van der Waals surface area contributed by atoms with E-state index in [0.717, 1.165) is 25.7 Å². The van der Waals surface area contributed by atoms with Crippen LogP contribution in [0.1, 0.15) is 53.4 Å². The van der Waals surface area contributed by atoms with Gasteiger partial charge in [-0.1, -0.05) is 40.5 Å². The van der Waals surface area contributed by atoms with Gasteiger partial charge < -0.3 is 4.74 Å².